The maximum Gasteiger partial charge on any atom is 0.308 e. The predicted molar refractivity (Wildman–Crippen MR) is 49.2 cm³/mol. The lowest BCUT2D eigenvalue weighted by Crippen LogP contribution is -2.30. The molecule has 1 saturated heterocycles. The summed E-state index contributed by atoms with van der Waals surface area (Å²) in [5.74, 6) is -0.767. The van der Waals surface area contributed by atoms with E-state index in [0.29, 0.717) is 13.0 Å². The molecule has 0 N–H and O–H groups in total. The van der Waals surface area contributed by atoms with Gasteiger partial charge in [0.25, 0.3) is 0 Å². The summed E-state index contributed by atoms with van der Waals surface area (Å²) >= 11 is 0. The first-order valence-electron chi connectivity index (χ1n) is 5.02. The van der Waals surface area contributed by atoms with Crippen LogP contribution in [0, 0.1) is 0 Å². The van der Waals surface area contributed by atoms with Crippen LogP contribution in [0.15, 0.2) is 0 Å². The number of unbranched alkanes of at least 4 members (excludes halogenated alkanes) is 1. The topological polar surface area (TPSA) is 35.5 Å². The van der Waals surface area contributed by atoms with Gasteiger partial charge in [0.2, 0.25) is 5.79 Å². The quantitative estimate of drug-likeness (QED) is 0.632. The van der Waals surface area contributed by atoms with Crippen LogP contribution in [-0.4, -0.2) is 18.4 Å². The largest absolute Gasteiger partial charge is 0.433 e. The highest BCUT2D eigenvalue weighted by molar-refractivity contribution is 5.69. The molecule has 1 aliphatic rings. The second-order valence-corrected chi connectivity index (χ2v) is 3.66. The second-order valence-electron chi connectivity index (χ2n) is 3.66. The molecule has 76 valence electrons. The number of esters is 1. The zero-order valence-corrected chi connectivity index (χ0v) is 8.47. The van der Waals surface area contributed by atoms with E-state index >= 15 is 0 Å². The van der Waals surface area contributed by atoms with Gasteiger partial charge < -0.3 is 9.47 Å². The maximum atomic E-state index is 11.3. The van der Waals surface area contributed by atoms with Crippen molar-refractivity contribution in [3.8, 4) is 0 Å². The van der Waals surface area contributed by atoms with Gasteiger partial charge in [0.1, 0.15) is 0 Å². The fourth-order valence-electron chi connectivity index (χ4n) is 1.45. The van der Waals surface area contributed by atoms with Gasteiger partial charge in [-0.25, -0.2) is 0 Å². The van der Waals surface area contributed by atoms with Crippen molar-refractivity contribution in [1.29, 1.82) is 0 Å². The van der Waals surface area contributed by atoms with Crippen LogP contribution in [-0.2, 0) is 14.3 Å². The number of hydrogen-bond acceptors (Lipinski definition) is 3. The van der Waals surface area contributed by atoms with Crippen molar-refractivity contribution in [2.45, 2.75) is 51.7 Å². The molecule has 0 aromatic rings. The second kappa shape index (κ2) is 4.61. The Kier molecular flexibility index (Phi) is 3.72. The summed E-state index contributed by atoms with van der Waals surface area (Å²) in [4.78, 5) is 11.3. The Bertz CT molecular complexity index is 171. The van der Waals surface area contributed by atoms with Crippen LogP contribution < -0.4 is 0 Å². The Hall–Kier alpha value is -0.570. The Balaban J connectivity index is 2.26. The molecule has 1 rings (SSSR count). The van der Waals surface area contributed by atoms with E-state index in [9.17, 15) is 4.79 Å². The van der Waals surface area contributed by atoms with Gasteiger partial charge in [-0.3, -0.25) is 4.79 Å². The molecule has 1 aliphatic heterocycles. The van der Waals surface area contributed by atoms with E-state index in [-0.39, 0.29) is 5.97 Å². The molecule has 1 heterocycles. The molecule has 1 unspecified atom stereocenters. The van der Waals surface area contributed by atoms with E-state index in [4.69, 9.17) is 9.47 Å². The van der Waals surface area contributed by atoms with Crippen LogP contribution in [0.3, 0.4) is 0 Å². The molecule has 13 heavy (non-hydrogen) atoms. The number of hydrogen-bond donors (Lipinski definition) is 0. The van der Waals surface area contributed by atoms with Gasteiger partial charge in [-0.05, 0) is 12.8 Å². The molecule has 1 atom stereocenters. The molecule has 0 amide bonds. The molecular formula is C10H18O3. The van der Waals surface area contributed by atoms with Crippen molar-refractivity contribution in [2.24, 2.45) is 0 Å². The summed E-state index contributed by atoms with van der Waals surface area (Å²) in [6.07, 6.45) is 4.24. The number of carbonyl (C=O) groups is 1. The highest BCUT2D eigenvalue weighted by atomic mass is 16.7. The first kappa shape index (κ1) is 10.5. The summed E-state index contributed by atoms with van der Waals surface area (Å²) in [6, 6.07) is 0. The van der Waals surface area contributed by atoms with Gasteiger partial charge in [-0.2, -0.15) is 0 Å². The molecule has 0 spiro atoms. The predicted octanol–water partition coefficient (Wildman–Crippen LogP) is 2.25. The van der Waals surface area contributed by atoms with Crippen LogP contribution in [0.5, 0.6) is 0 Å². The minimum atomic E-state index is -0.634. The highest BCUT2D eigenvalue weighted by Gasteiger charge is 2.33. The third-order valence-corrected chi connectivity index (χ3v) is 2.25. The summed E-state index contributed by atoms with van der Waals surface area (Å²) in [5, 5.41) is 0. The SMILES string of the molecule is CCCCC(=O)OC1(C)CCCO1. The standard InChI is InChI=1S/C10H18O3/c1-3-4-6-9(11)13-10(2)7-5-8-12-10/h3-8H2,1-2H3. The van der Waals surface area contributed by atoms with Gasteiger partial charge in [-0.1, -0.05) is 13.3 Å². The zero-order valence-electron chi connectivity index (χ0n) is 8.47. The minimum Gasteiger partial charge on any atom is -0.433 e. The van der Waals surface area contributed by atoms with Gasteiger partial charge >= 0.3 is 5.97 Å². The van der Waals surface area contributed by atoms with Crippen molar-refractivity contribution in [2.75, 3.05) is 6.61 Å². The lowest BCUT2D eigenvalue weighted by atomic mass is 10.2. The van der Waals surface area contributed by atoms with Gasteiger partial charge in [-0.15, -0.1) is 0 Å². The lowest BCUT2D eigenvalue weighted by molar-refractivity contribution is -0.205. The summed E-state index contributed by atoms with van der Waals surface area (Å²) < 4.78 is 10.6. The number of carbonyl (C=O) groups excluding carboxylic acids is 1. The smallest absolute Gasteiger partial charge is 0.308 e. The maximum absolute atomic E-state index is 11.3. The molecule has 3 heteroatoms. The van der Waals surface area contributed by atoms with Gasteiger partial charge in [0, 0.05) is 19.8 Å². The van der Waals surface area contributed by atoms with Crippen LogP contribution in [0.25, 0.3) is 0 Å². The molecule has 0 aromatic carbocycles. The van der Waals surface area contributed by atoms with Gasteiger partial charge in [0.15, 0.2) is 0 Å². The molecule has 0 aliphatic carbocycles. The molecule has 0 saturated carbocycles. The molecule has 0 bridgehead atoms. The fourth-order valence-corrected chi connectivity index (χ4v) is 1.45. The summed E-state index contributed by atoms with van der Waals surface area (Å²) in [7, 11) is 0. The van der Waals surface area contributed by atoms with E-state index < -0.39 is 5.79 Å². The minimum absolute atomic E-state index is 0.133. The van der Waals surface area contributed by atoms with Crippen molar-refractivity contribution < 1.29 is 14.3 Å². The Labute approximate surface area is 79.4 Å². The Morgan fingerprint density at radius 3 is 2.92 bits per heavy atom. The number of rotatable bonds is 4. The van der Waals surface area contributed by atoms with Crippen LogP contribution in [0.2, 0.25) is 0 Å². The molecular weight excluding hydrogens is 168 g/mol. The molecule has 0 radical (unpaired) electrons. The Morgan fingerprint density at radius 1 is 1.62 bits per heavy atom. The average molecular weight is 186 g/mol. The van der Waals surface area contributed by atoms with Crippen LogP contribution in [0.4, 0.5) is 0 Å². The van der Waals surface area contributed by atoms with Crippen LogP contribution >= 0.6 is 0 Å². The van der Waals surface area contributed by atoms with E-state index in [0.717, 1.165) is 25.7 Å². The van der Waals surface area contributed by atoms with E-state index in [2.05, 4.69) is 6.92 Å². The van der Waals surface area contributed by atoms with E-state index in [1.54, 1.807) is 0 Å². The lowest BCUT2D eigenvalue weighted by Gasteiger charge is -2.23. The summed E-state index contributed by atoms with van der Waals surface area (Å²) in [6.45, 7) is 4.60. The molecule has 0 aromatic heterocycles. The first-order chi connectivity index (χ1) is 6.16. The monoisotopic (exact) mass is 186 g/mol. The summed E-state index contributed by atoms with van der Waals surface area (Å²) in [5.41, 5.74) is 0. The molecule has 3 nitrogen and oxygen atoms in total. The van der Waals surface area contributed by atoms with Crippen LogP contribution in [0.1, 0.15) is 46.0 Å². The van der Waals surface area contributed by atoms with Crippen molar-refractivity contribution in [3.05, 3.63) is 0 Å². The normalized spacial score (nSPS) is 27.5. The highest BCUT2D eigenvalue weighted by Crippen LogP contribution is 2.26. The average Bonchev–Trinajstić information content (AvgIpc) is 2.48. The fraction of sp³-hybridized carbons (Fsp3) is 0.900. The third kappa shape index (κ3) is 3.35. The van der Waals surface area contributed by atoms with Crippen molar-refractivity contribution in [1.82, 2.24) is 0 Å². The van der Waals surface area contributed by atoms with Crippen molar-refractivity contribution in [3.63, 3.8) is 0 Å². The van der Waals surface area contributed by atoms with E-state index in [1.807, 2.05) is 6.92 Å². The van der Waals surface area contributed by atoms with Crippen molar-refractivity contribution >= 4 is 5.97 Å². The first-order valence-corrected chi connectivity index (χ1v) is 5.02. The third-order valence-electron chi connectivity index (χ3n) is 2.25. The number of ether oxygens (including phenoxy) is 2. The zero-order chi connectivity index (χ0) is 9.73. The van der Waals surface area contributed by atoms with Gasteiger partial charge in [0.05, 0.1) is 6.61 Å². The van der Waals surface area contributed by atoms with E-state index in [1.165, 1.54) is 0 Å². The molecule has 1 fully saturated rings. The Morgan fingerprint density at radius 2 is 2.38 bits per heavy atom.